The van der Waals surface area contributed by atoms with Crippen LogP contribution in [0, 0.1) is 6.92 Å². The highest BCUT2D eigenvalue weighted by molar-refractivity contribution is 6.46. The summed E-state index contributed by atoms with van der Waals surface area (Å²) in [5.74, 6) is -0.671. The van der Waals surface area contributed by atoms with Gasteiger partial charge in [-0.15, -0.1) is 0 Å². The number of aryl methyl sites for hydroxylation is 1. The lowest BCUT2D eigenvalue weighted by Gasteiger charge is -2.31. The van der Waals surface area contributed by atoms with E-state index in [1.807, 2.05) is 38.1 Å². The Kier molecular flexibility index (Phi) is 5.62. The molecule has 2 fully saturated rings. The lowest BCUT2D eigenvalue weighted by Crippen LogP contribution is -2.37. The molecule has 2 aromatic carbocycles. The van der Waals surface area contributed by atoms with E-state index in [0.717, 1.165) is 36.8 Å². The zero-order valence-corrected chi connectivity index (χ0v) is 17.4. The Morgan fingerprint density at radius 3 is 2.53 bits per heavy atom. The number of amides is 1. The zero-order valence-electron chi connectivity index (χ0n) is 17.4. The van der Waals surface area contributed by atoms with Gasteiger partial charge in [-0.1, -0.05) is 49.2 Å². The van der Waals surface area contributed by atoms with Crippen LogP contribution in [0.5, 0.6) is 5.75 Å². The second-order valence-corrected chi connectivity index (χ2v) is 7.96. The van der Waals surface area contributed by atoms with Crippen molar-refractivity contribution in [2.75, 3.05) is 6.61 Å². The first-order chi connectivity index (χ1) is 14.5. The Morgan fingerprint density at radius 2 is 1.83 bits per heavy atom. The number of benzene rings is 2. The third-order valence-electron chi connectivity index (χ3n) is 6.10. The molecule has 1 saturated carbocycles. The average Bonchev–Trinajstić information content (AvgIpc) is 3.35. The predicted molar refractivity (Wildman–Crippen MR) is 115 cm³/mol. The largest absolute Gasteiger partial charge is 0.507 e. The number of rotatable bonds is 5. The fourth-order valence-electron chi connectivity index (χ4n) is 4.66. The second kappa shape index (κ2) is 8.34. The van der Waals surface area contributed by atoms with Crippen LogP contribution >= 0.6 is 0 Å². The van der Waals surface area contributed by atoms with Crippen molar-refractivity contribution in [1.82, 2.24) is 4.90 Å². The summed E-state index contributed by atoms with van der Waals surface area (Å²) < 4.78 is 5.54. The molecule has 1 aliphatic heterocycles. The van der Waals surface area contributed by atoms with Crippen molar-refractivity contribution in [3.05, 3.63) is 70.8 Å². The molecule has 5 nitrogen and oxygen atoms in total. The van der Waals surface area contributed by atoms with Gasteiger partial charge in [-0.3, -0.25) is 9.59 Å². The topological polar surface area (TPSA) is 66.8 Å². The van der Waals surface area contributed by atoms with Crippen molar-refractivity contribution in [1.29, 1.82) is 0 Å². The van der Waals surface area contributed by atoms with Crippen molar-refractivity contribution in [3.8, 4) is 5.75 Å². The molecule has 1 unspecified atom stereocenters. The molecule has 1 aliphatic carbocycles. The molecule has 1 amide bonds. The third-order valence-corrected chi connectivity index (χ3v) is 6.10. The molecule has 0 aromatic heterocycles. The van der Waals surface area contributed by atoms with Gasteiger partial charge in [0.05, 0.1) is 18.2 Å². The Balaban J connectivity index is 1.88. The highest BCUT2D eigenvalue weighted by Gasteiger charge is 2.49. The van der Waals surface area contributed by atoms with E-state index in [1.165, 1.54) is 0 Å². The van der Waals surface area contributed by atoms with Gasteiger partial charge in [-0.2, -0.15) is 0 Å². The monoisotopic (exact) mass is 405 g/mol. The van der Waals surface area contributed by atoms with Gasteiger partial charge in [0.25, 0.3) is 11.7 Å². The second-order valence-electron chi connectivity index (χ2n) is 7.96. The number of aliphatic hydroxyl groups excluding tert-OH is 1. The van der Waals surface area contributed by atoms with Crippen molar-refractivity contribution in [3.63, 3.8) is 0 Å². The molecular weight excluding hydrogens is 378 g/mol. The summed E-state index contributed by atoms with van der Waals surface area (Å²) in [5.41, 5.74) is 2.51. The van der Waals surface area contributed by atoms with E-state index in [2.05, 4.69) is 0 Å². The smallest absolute Gasteiger partial charge is 0.295 e. The molecular formula is C25H27NO4. The molecule has 5 heteroatoms. The van der Waals surface area contributed by atoms with Gasteiger partial charge in [0.1, 0.15) is 11.5 Å². The van der Waals surface area contributed by atoms with Crippen LogP contribution < -0.4 is 4.74 Å². The molecule has 1 N–H and O–H groups in total. The maximum atomic E-state index is 13.2. The van der Waals surface area contributed by atoms with Crippen LogP contribution in [0.25, 0.3) is 5.76 Å². The number of carbonyl (C=O) groups excluding carboxylic acids is 2. The molecule has 1 heterocycles. The predicted octanol–water partition coefficient (Wildman–Crippen LogP) is 4.76. The molecule has 2 aromatic rings. The van der Waals surface area contributed by atoms with Crippen LogP contribution in [-0.4, -0.2) is 34.3 Å². The Labute approximate surface area is 177 Å². The Hall–Kier alpha value is -3.08. The third kappa shape index (κ3) is 3.49. The van der Waals surface area contributed by atoms with Crippen molar-refractivity contribution < 1.29 is 19.4 Å². The first kappa shape index (κ1) is 20.2. The van der Waals surface area contributed by atoms with Gasteiger partial charge in [0, 0.05) is 11.6 Å². The lowest BCUT2D eigenvalue weighted by atomic mass is 9.92. The number of ether oxygens (including phenoxy) is 1. The maximum absolute atomic E-state index is 13.2. The summed E-state index contributed by atoms with van der Waals surface area (Å²) in [6.45, 7) is 4.36. The van der Waals surface area contributed by atoms with E-state index in [0.29, 0.717) is 17.9 Å². The normalized spacial score (nSPS) is 21.4. The van der Waals surface area contributed by atoms with E-state index in [1.54, 1.807) is 29.2 Å². The standard InChI is InChI=1S/C25H27NO4/c1-3-30-19-13-8-10-17(15-19)23(27)21-22(20-14-7-4-9-16(20)2)26(25(29)24(21)28)18-11-5-6-12-18/h4,7-10,13-15,18,22,27H,3,5-6,11-12H2,1-2H3/b23-21+. The fraction of sp³-hybridized carbons (Fsp3) is 0.360. The molecule has 2 aliphatic rings. The van der Waals surface area contributed by atoms with Gasteiger partial charge in [0.2, 0.25) is 0 Å². The first-order valence-electron chi connectivity index (χ1n) is 10.6. The van der Waals surface area contributed by atoms with E-state index in [-0.39, 0.29) is 17.4 Å². The molecule has 1 atom stereocenters. The minimum atomic E-state index is -0.616. The number of hydrogen-bond donors (Lipinski definition) is 1. The summed E-state index contributed by atoms with van der Waals surface area (Å²) in [6.07, 6.45) is 3.86. The average molecular weight is 405 g/mol. The first-order valence-corrected chi connectivity index (χ1v) is 10.6. The number of nitrogens with zero attached hydrogens (tertiary/aromatic N) is 1. The van der Waals surface area contributed by atoms with E-state index >= 15 is 0 Å². The Morgan fingerprint density at radius 1 is 1.10 bits per heavy atom. The van der Waals surface area contributed by atoms with Crippen molar-refractivity contribution in [2.45, 2.75) is 51.6 Å². The van der Waals surface area contributed by atoms with Crippen LogP contribution in [0.2, 0.25) is 0 Å². The van der Waals surface area contributed by atoms with E-state index < -0.39 is 17.7 Å². The lowest BCUT2D eigenvalue weighted by molar-refractivity contribution is -0.141. The van der Waals surface area contributed by atoms with Crippen LogP contribution in [-0.2, 0) is 9.59 Å². The van der Waals surface area contributed by atoms with Gasteiger partial charge in [-0.25, -0.2) is 0 Å². The molecule has 0 spiro atoms. The molecule has 4 rings (SSSR count). The van der Waals surface area contributed by atoms with Crippen LogP contribution in [0.4, 0.5) is 0 Å². The summed E-state index contributed by atoms with van der Waals surface area (Å²) in [7, 11) is 0. The highest BCUT2D eigenvalue weighted by Crippen LogP contribution is 2.44. The quantitative estimate of drug-likeness (QED) is 0.443. The van der Waals surface area contributed by atoms with E-state index in [9.17, 15) is 14.7 Å². The molecule has 0 radical (unpaired) electrons. The van der Waals surface area contributed by atoms with Crippen LogP contribution in [0.15, 0.2) is 54.1 Å². The molecule has 0 bridgehead atoms. The molecule has 1 saturated heterocycles. The van der Waals surface area contributed by atoms with E-state index in [4.69, 9.17) is 4.74 Å². The van der Waals surface area contributed by atoms with Crippen LogP contribution in [0.1, 0.15) is 55.3 Å². The zero-order chi connectivity index (χ0) is 21.3. The fourth-order valence-corrected chi connectivity index (χ4v) is 4.66. The molecule has 30 heavy (non-hydrogen) atoms. The van der Waals surface area contributed by atoms with Gasteiger partial charge < -0.3 is 14.7 Å². The van der Waals surface area contributed by atoms with Gasteiger partial charge in [0.15, 0.2) is 0 Å². The van der Waals surface area contributed by atoms with Crippen molar-refractivity contribution in [2.24, 2.45) is 0 Å². The minimum Gasteiger partial charge on any atom is -0.507 e. The number of hydrogen-bond acceptors (Lipinski definition) is 4. The van der Waals surface area contributed by atoms with Gasteiger partial charge >= 0.3 is 0 Å². The number of likely N-dealkylation sites (tertiary alicyclic amines) is 1. The summed E-state index contributed by atoms with van der Waals surface area (Å²) in [4.78, 5) is 28.0. The number of ketones is 1. The van der Waals surface area contributed by atoms with Crippen LogP contribution in [0.3, 0.4) is 0 Å². The Bertz CT molecular complexity index is 1000. The molecule has 156 valence electrons. The van der Waals surface area contributed by atoms with Crippen molar-refractivity contribution >= 4 is 17.4 Å². The summed E-state index contributed by atoms with van der Waals surface area (Å²) in [6, 6.07) is 14.2. The minimum absolute atomic E-state index is 0.0196. The highest BCUT2D eigenvalue weighted by atomic mass is 16.5. The maximum Gasteiger partial charge on any atom is 0.295 e. The summed E-state index contributed by atoms with van der Waals surface area (Å²) >= 11 is 0. The summed E-state index contributed by atoms with van der Waals surface area (Å²) in [5, 5.41) is 11.2. The SMILES string of the molecule is CCOc1cccc(/C(O)=C2\C(=O)C(=O)N(C3CCCC3)C2c2ccccc2C)c1. The van der Waals surface area contributed by atoms with Gasteiger partial charge in [-0.05, 0) is 49.9 Å². The number of Topliss-reactive ketones (excluding diaryl/α,β-unsaturated/α-hetero) is 1. The number of aliphatic hydroxyl groups is 1. The number of carbonyl (C=O) groups is 2.